The molecule has 1 N–H and O–H groups in total. The number of quaternary nitrogens is 1. The van der Waals surface area contributed by atoms with E-state index in [4.69, 9.17) is 9.47 Å². The van der Waals surface area contributed by atoms with Crippen LogP contribution in [-0.4, -0.2) is 25.5 Å². The van der Waals surface area contributed by atoms with Gasteiger partial charge in [-0.05, 0) is 36.8 Å². The third kappa shape index (κ3) is 5.67. The molecule has 0 saturated heterocycles. The normalized spacial score (nSPS) is 14.6. The molecule has 0 saturated carbocycles. The summed E-state index contributed by atoms with van der Waals surface area (Å²) < 4.78 is 11.5. The molecule has 2 aromatic rings. The Hall–Kier alpha value is -2.79. The topological polar surface area (TPSA) is 63.0 Å². The van der Waals surface area contributed by atoms with E-state index in [1.165, 1.54) is 11.0 Å². The van der Waals surface area contributed by atoms with Crippen LogP contribution >= 0.6 is 0 Å². The minimum atomic E-state index is -0.181. The molecule has 0 atom stereocenters. The summed E-state index contributed by atoms with van der Waals surface area (Å²) >= 11 is 0. The highest BCUT2D eigenvalue weighted by Gasteiger charge is 2.31. The van der Waals surface area contributed by atoms with Gasteiger partial charge in [-0.15, -0.1) is 0 Å². The molecule has 0 unspecified atom stereocenters. The lowest BCUT2D eigenvalue weighted by atomic mass is 10.0. The van der Waals surface area contributed by atoms with Crippen LogP contribution in [-0.2, 0) is 6.54 Å². The number of carbonyl (C=O) groups is 1. The Labute approximate surface area is 185 Å². The standard InChI is InChI=1S/C26H33NO4/c1-6-30-20-9-7-19(8-10-20)13-24-25(29)21-11-12-23(28)22(26(21)31-24)16-27(14-17(2)3)15-18(4)5/h7-13,17-18,28H,6,14-16H2,1-5H3. The summed E-state index contributed by atoms with van der Waals surface area (Å²) in [7, 11) is 0. The molecule has 0 aromatic heterocycles. The summed E-state index contributed by atoms with van der Waals surface area (Å²) in [6, 6.07) is 10.6. The molecular weight excluding hydrogens is 390 g/mol. The summed E-state index contributed by atoms with van der Waals surface area (Å²) in [6.45, 7) is 13.8. The van der Waals surface area contributed by atoms with Crippen molar-refractivity contribution in [2.75, 3.05) is 19.7 Å². The van der Waals surface area contributed by atoms with Crippen molar-refractivity contribution in [1.82, 2.24) is 0 Å². The van der Waals surface area contributed by atoms with Gasteiger partial charge in [-0.2, -0.15) is 0 Å². The maximum atomic E-state index is 12.9. The molecule has 1 aliphatic rings. The predicted molar refractivity (Wildman–Crippen MR) is 121 cm³/mol. The number of carbonyl (C=O) groups excluding carboxylic acids is 1. The van der Waals surface area contributed by atoms with Crippen LogP contribution in [0.15, 0.2) is 42.2 Å². The van der Waals surface area contributed by atoms with Crippen molar-refractivity contribution >= 4 is 11.9 Å². The molecule has 166 valence electrons. The Balaban J connectivity index is 1.88. The Morgan fingerprint density at radius 1 is 1.03 bits per heavy atom. The van der Waals surface area contributed by atoms with Crippen LogP contribution in [0.5, 0.6) is 17.2 Å². The van der Waals surface area contributed by atoms with Crippen molar-refractivity contribution in [1.29, 1.82) is 0 Å². The molecule has 0 bridgehead atoms. The zero-order chi connectivity index (χ0) is 22.5. The molecule has 5 heteroatoms. The zero-order valence-corrected chi connectivity index (χ0v) is 19.2. The summed E-state index contributed by atoms with van der Waals surface area (Å²) in [6.07, 6.45) is 1.72. The van der Waals surface area contributed by atoms with E-state index >= 15 is 0 Å². The van der Waals surface area contributed by atoms with Gasteiger partial charge in [0.2, 0.25) is 5.78 Å². The van der Waals surface area contributed by atoms with Crippen LogP contribution in [0, 0.1) is 11.8 Å². The monoisotopic (exact) mass is 423 g/mol. The maximum absolute atomic E-state index is 12.9. The average Bonchev–Trinajstić information content (AvgIpc) is 3.00. The van der Waals surface area contributed by atoms with E-state index in [1.807, 2.05) is 31.2 Å². The van der Waals surface area contributed by atoms with Crippen LogP contribution in [0.3, 0.4) is 0 Å². The van der Waals surface area contributed by atoms with E-state index in [0.29, 0.717) is 41.9 Å². The predicted octanol–water partition coefficient (Wildman–Crippen LogP) is 3.47. The number of hydrogen-bond acceptors (Lipinski definition) is 4. The SMILES string of the molecule is CCOc1ccc(C=C2Oc3c(ccc([O-])c3C[NH+](CC(C)C)CC(C)C)C2=O)cc1. The number of allylic oxidation sites excluding steroid dienone is 1. The quantitative estimate of drug-likeness (QED) is 0.628. The largest absolute Gasteiger partial charge is 0.872 e. The molecule has 0 aliphatic carbocycles. The Kier molecular flexibility index (Phi) is 7.39. The number of Topliss-reactive ketones (excluding diaryl/α,β-unsaturated/α-hetero) is 1. The van der Waals surface area contributed by atoms with Crippen molar-refractivity contribution in [3.63, 3.8) is 0 Å². The summed E-state index contributed by atoms with van der Waals surface area (Å²) in [5.74, 6) is 2.23. The molecule has 1 heterocycles. The number of benzene rings is 2. The number of ketones is 1. The number of rotatable bonds is 9. The molecular formula is C26H33NO4. The number of ether oxygens (including phenoxy) is 2. The van der Waals surface area contributed by atoms with Gasteiger partial charge in [0, 0.05) is 17.4 Å². The molecule has 0 amide bonds. The second-order valence-electron chi connectivity index (χ2n) is 8.98. The fourth-order valence-corrected chi connectivity index (χ4v) is 4.07. The van der Waals surface area contributed by atoms with Crippen LogP contribution < -0.4 is 19.5 Å². The lowest BCUT2D eigenvalue weighted by Crippen LogP contribution is -3.11. The molecule has 0 radical (unpaired) electrons. The van der Waals surface area contributed by atoms with Crippen molar-refractivity contribution in [3.8, 4) is 17.2 Å². The van der Waals surface area contributed by atoms with Crippen molar-refractivity contribution in [2.24, 2.45) is 11.8 Å². The van der Waals surface area contributed by atoms with Crippen molar-refractivity contribution in [2.45, 2.75) is 41.2 Å². The number of nitrogens with one attached hydrogen (secondary N) is 1. The Morgan fingerprint density at radius 2 is 1.68 bits per heavy atom. The number of hydrogen-bond donors (Lipinski definition) is 1. The molecule has 0 fully saturated rings. The van der Waals surface area contributed by atoms with Gasteiger partial charge in [-0.25, -0.2) is 0 Å². The van der Waals surface area contributed by atoms with Crippen LogP contribution in [0.4, 0.5) is 0 Å². The summed E-state index contributed by atoms with van der Waals surface area (Å²) in [4.78, 5) is 14.3. The van der Waals surface area contributed by atoms with Crippen LogP contribution in [0.25, 0.3) is 6.08 Å². The van der Waals surface area contributed by atoms with Crippen LogP contribution in [0.1, 0.15) is 56.1 Å². The number of fused-ring (bicyclic) bond motifs is 1. The van der Waals surface area contributed by atoms with E-state index in [9.17, 15) is 9.90 Å². The van der Waals surface area contributed by atoms with E-state index in [1.54, 1.807) is 12.1 Å². The van der Waals surface area contributed by atoms with Crippen molar-refractivity contribution < 1.29 is 24.3 Å². The second kappa shape index (κ2) is 10.0. The highest BCUT2D eigenvalue weighted by Crippen LogP contribution is 2.38. The molecule has 31 heavy (non-hydrogen) atoms. The average molecular weight is 424 g/mol. The zero-order valence-electron chi connectivity index (χ0n) is 19.2. The first kappa shape index (κ1) is 22.9. The van der Waals surface area contributed by atoms with Gasteiger partial charge >= 0.3 is 0 Å². The van der Waals surface area contributed by atoms with Gasteiger partial charge in [0.15, 0.2) is 5.76 Å². The molecule has 2 aromatic carbocycles. The van der Waals surface area contributed by atoms with Gasteiger partial charge in [0.25, 0.3) is 0 Å². The molecule has 5 nitrogen and oxygen atoms in total. The first-order valence-electron chi connectivity index (χ1n) is 11.1. The van der Waals surface area contributed by atoms with E-state index in [2.05, 4.69) is 27.7 Å². The Morgan fingerprint density at radius 3 is 2.26 bits per heavy atom. The van der Waals surface area contributed by atoms with Gasteiger partial charge in [0.1, 0.15) is 18.0 Å². The van der Waals surface area contributed by atoms with E-state index in [-0.39, 0.29) is 17.3 Å². The first-order chi connectivity index (χ1) is 14.8. The smallest absolute Gasteiger partial charge is 0.231 e. The summed E-state index contributed by atoms with van der Waals surface area (Å²) in [5, 5.41) is 12.7. The lowest BCUT2D eigenvalue weighted by Gasteiger charge is -2.26. The first-order valence-corrected chi connectivity index (χ1v) is 11.1. The molecule has 3 rings (SSSR count). The van der Waals surface area contributed by atoms with E-state index < -0.39 is 0 Å². The lowest BCUT2D eigenvalue weighted by molar-refractivity contribution is -0.919. The fraction of sp³-hybridized carbons (Fsp3) is 0.423. The molecule has 0 spiro atoms. The third-order valence-electron chi connectivity index (χ3n) is 5.21. The summed E-state index contributed by atoms with van der Waals surface area (Å²) in [5.41, 5.74) is 1.91. The van der Waals surface area contributed by atoms with Gasteiger partial charge in [-0.3, -0.25) is 4.79 Å². The van der Waals surface area contributed by atoms with Gasteiger partial charge in [-0.1, -0.05) is 51.6 Å². The van der Waals surface area contributed by atoms with Crippen molar-refractivity contribution in [3.05, 3.63) is 58.8 Å². The van der Waals surface area contributed by atoms with Crippen LogP contribution in [0.2, 0.25) is 0 Å². The van der Waals surface area contributed by atoms with Gasteiger partial charge in [0.05, 0.1) is 25.3 Å². The second-order valence-corrected chi connectivity index (χ2v) is 8.98. The molecule has 1 aliphatic heterocycles. The van der Waals surface area contributed by atoms with E-state index in [0.717, 1.165) is 24.4 Å². The Bertz CT molecular complexity index is 935. The minimum absolute atomic E-state index is 0.0705. The highest BCUT2D eigenvalue weighted by molar-refractivity contribution is 6.14. The van der Waals surface area contributed by atoms with Gasteiger partial charge < -0.3 is 19.5 Å². The highest BCUT2D eigenvalue weighted by atomic mass is 16.5. The maximum Gasteiger partial charge on any atom is 0.231 e. The fourth-order valence-electron chi connectivity index (χ4n) is 4.07. The third-order valence-corrected chi connectivity index (χ3v) is 5.21. The minimum Gasteiger partial charge on any atom is -0.872 e.